The van der Waals surface area contributed by atoms with Gasteiger partial charge in [0.1, 0.15) is 0 Å². The molecule has 2 heterocycles. The van der Waals surface area contributed by atoms with Crippen LogP contribution in [0.3, 0.4) is 0 Å². The SMILES string of the molecule is C[C@@H](CN1CC(=O)NC(=O)C1)N1CC(=O)NC(=O)C1.Cl.Cl. The molecule has 4 amide bonds. The molecule has 0 aliphatic carbocycles. The smallest absolute Gasteiger partial charge is 0.240 e. The second kappa shape index (κ2) is 8.28. The quantitative estimate of drug-likeness (QED) is 0.584. The van der Waals surface area contributed by atoms with Crippen LogP contribution in [0, 0.1) is 0 Å². The normalized spacial score (nSPS) is 21.8. The molecule has 1 atom stereocenters. The van der Waals surface area contributed by atoms with Gasteiger partial charge in [-0.25, -0.2) is 0 Å². The molecule has 2 rings (SSSR count). The van der Waals surface area contributed by atoms with E-state index in [-0.39, 0.29) is 80.7 Å². The molecular weight excluding hydrogens is 323 g/mol. The summed E-state index contributed by atoms with van der Waals surface area (Å²) in [6.07, 6.45) is 0. The minimum Gasteiger partial charge on any atom is -0.294 e. The van der Waals surface area contributed by atoms with Gasteiger partial charge in [-0.05, 0) is 6.92 Å². The van der Waals surface area contributed by atoms with E-state index in [9.17, 15) is 19.2 Å². The lowest BCUT2D eigenvalue weighted by atomic mass is 10.2. The Bertz CT molecular complexity index is 414. The highest BCUT2D eigenvalue weighted by atomic mass is 35.5. The van der Waals surface area contributed by atoms with E-state index in [2.05, 4.69) is 10.6 Å². The number of piperazine rings is 2. The Kier molecular flexibility index (Phi) is 7.80. The van der Waals surface area contributed by atoms with Gasteiger partial charge in [0.2, 0.25) is 23.6 Å². The fraction of sp³-hybridized carbons (Fsp3) is 0.636. The summed E-state index contributed by atoms with van der Waals surface area (Å²) in [6, 6.07) is -0.0892. The molecule has 0 radical (unpaired) electrons. The molecule has 2 N–H and O–H groups in total. The Balaban J connectivity index is 0.00000200. The second-order valence-corrected chi connectivity index (χ2v) is 4.87. The van der Waals surface area contributed by atoms with E-state index in [0.29, 0.717) is 6.54 Å². The van der Waals surface area contributed by atoms with Crippen molar-refractivity contribution >= 4 is 48.4 Å². The van der Waals surface area contributed by atoms with Crippen LogP contribution in [0.1, 0.15) is 6.92 Å². The zero-order valence-corrected chi connectivity index (χ0v) is 13.1. The molecule has 8 nitrogen and oxygen atoms in total. The Labute approximate surface area is 134 Å². The largest absolute Gasteiger partial charge is 0.294 e. The van der Waals surface area contributed by atoms with E-state index in [4.69, 9.17) is 0 Å². The molecule has 0 saturated carbocycles. The highest BCUT2D eigenvalue weighted by molar-refractivity contribution is 6.00. The monoisotopic (exact) mass is 340 g/mol. The molecule has 2 aliphatic heterocycles. The van der Waals surface area contributed by atoms with Gasteiger partial charge in [-0.1, -0.05) is 0 Å². The average molecular weight is 341 g/mol. The van der Waals surface area contributed by atoms with Crippen molar-refractivity contribution in [3.63, 3.8) is 0 Å². The predicted molar refractivity (Wildman–Crippen MR) is 78.3 cm³/mol. The summed E-state index contributed by atoms with van der Waals surface area (Å²) >= 11 is 0. The minimum atomic E-state index is -0.324. The Morgan fingerprint density at radius 1 is 0.857 bits per heavy atom. The maximum Gasteiger partial charge on any atom is 0.240 e. The summed E-state index contributed by atoms with van der Waals surface area (Å²) < 4.78 is 0. The lowest BCUT2D eigenvalue weighted by Crippen LogP contribution is -2.58. The highest BCUT2D eigenvalue weighted by Gasteiger charge is 2.29. The van der Waals surface area contributed by atoms with Crippen molar-refractivity contribution in [2.75, 3.05) is 32.7 Å². The van der Waals surface area contributed by atoms with Crippen molar-refractivity contribution in [2.45, 2.75) is 13.0 Å². The number of imide groups is 2. The number of carbonyl (C=O) groups excluding carboxylic acids is 4. The first-order valence-electron chi connectivity index (χ1n) is 6.06. The maximum absolute atomic E-state index is 11.3. The average Bonchev–Trinajstić information content (AvgIpc) is 2.25. The first-order chi connectivity index (χ1) is 8.94. The van der Waals surface area contributed by atoms with Gasteiger partial charge in [-0.2, -0.15) is 0 Å². The lowest BCUT2D eigenvalue weighted by Gasteiger charge is -2.35. The molecule has 0 aromatic carbocycles. The fourth-order valence-corrected chi connectivity index (χ4v) is 2.29. The molecule has 0 aromatic rings. The standard InChI is InChI=1S/C11H16N4O4.2ClH/c1-7(15-5-10(18)13-11(19)6-15)2-14-3-8(16)12-9(17)4-14;;/h7H,2-6H2,1H3,(H,12,16,17)(H,13,18,19);2*1H/t7-;;/m0../s1. The Hall–Kier alpha value is -1.22. The molecule has 2 aliphatic rings. The van der Waals surface area contributed by atoms with Crippen molar-refractivity contribution in [2.24, 2.45) is 0 Å². The third-order valence-electron chi connectivity index (χ3n) is 3.13. The van der Waals surface area contributed by atoms with Crippen molar-refractivity contribution in [1.29, 1.82) is 0 Å². The van der Waals surface area contributed by atoms with E-state index in [1.54, 1.807) is 9.80 Å². The summed E-state index contributed by atoms with van der Waals surface area (Å²) in [7, 11) is 0. The van der Waals surface area contributed by atoms with Crippen LogP contribution in [0.15, 0.2) is 0 Å². The van der Waals surface area contributed by atoms with Crippen LogP contribution in [0.25, 0.3) is 0 Å². The second-order valence-electron chi connectivity index (χ2n) is 4.87. The summed E-state index contributed by atoms with van der Waals surface area (Å²) in [5.74, 6) is -1.29. The Morgan fingerprint density at radius 2 is 1.24 bits per heavy atom. The van der Waals surface area contributed by atoms with Gasteiger partial charge in [0.05, 0.1) is 26.2 Å². The third-order valence-corrected chi connectivity index (χ3v) is 3.13. The van der Waals surface area contributed by atoms with Crippen LogP contribution < -0.4 is 10.6 Å². The number of nitrogens with one attached hydrogen (secondary N) is 2. The molecule has 0 aromatic heterocycles. The summed E-state index contributed by atoms with van der Waals surface area (Å²) in [4.78, 5) is 48.5. The van der Waals surface area contributed by atoms with Gasteiger partial charge in [0.25, 0.3) is 0 Å². The number of carbonyl (C=O) groups is 4. The van der Waals surface area contributed by atoms with Crippen LogP contribution in [0.5, 0.6) is 0 Å². The van der Waals surface area contributed by atoms with Crippen LogP contribution in [0.4, 0.5) is 0 Å². The van der Waals surface area contributed by atoms with E-state index in [0.717, 1.165) is 0 Å². The number of amides is 4. The summed E-state index contributed by atoms with van der Waals surface area (Å²) in [5, 5.41) is 4.46. The molecule has 10 heteroatoms. The van der Waals surface area contributed by atoms with E-state index in [1.807, 2.05) is 6.92 Å². The van der Waals surface area contributed by atoms with Gasteiger partial charge in [-0.3, -0.25) is 39.6 Å². The zero-order chi connectivity index (χ0) is 14.0. The number of hydrogen-bond donors (Lipinski definition) is 2. The van der Waals surface area contributed by atoms with Crippen LogP contribution in [-0.4, -0.2) is 72.2 Å². The van der Waals surface area contributed by atoms with Gasteiger partial charge >= 0.3 is 0 Å². The number of halogens is 2. The molecule has 21 heavy (non-hydrogen) atoms. The number of nitrogens with zero attached hydrogens (tertiary/aromatic N) is 2. The first kappa shape index (κ1) is 19.8. The summed E-state index contributed by atoms with van der Waals surface area (Å²) in [6.45, 7) is 2.94. The van der Waals surface area contributed by atoms with Gasteiger partial charge < -0.3 is 0 Å². The van der Waals surface area contributed by atoms with Gasteiger partial charge in [-0.15, -0.1) is 24.8 Å². The number of hydrogen-bond acceptors (Lipinski definition) is 6. The first-order valence-corrected chi connectivity index (χ1v) is 6.06. The highest BCUT2D eigenvalue weighted by Crippen LogP contribution is 2.06. The van der Waals surface area contributed by atoms with Crippen LogP contribution >= 0.6 is 24.8 Å². The molecule has 120 valence electrons. The van der Waals surface area contributed by atoms with Crippen molar-refractivity contribution < 1.29 is 19.2 Å². The summed E-state index contributed by atoms with van der Waals surface area (Å²) in [5.41, 5.74) is 0. The van der Waals surface area contributed by atoms with Gasteiger partial charge in [0.15, 0.2) is 0 Å². The number of rotatable bonds is 3. The van der Waals surface area contributed by atoms with Crippen molar-refractivity contribution in [3.05, 3.63) is 0 Å². The predicted octanol–water partition coefficient (Wildman–Crippen LogP) is -1.86. The van der Waals surface area contributed by atoms with E-state index >= 15 is 0 Å². The van der Waals surface area contributed by atoms with Crippen molar-refractivity contribution in [1.82, 2.24) is 20.4 Å². The molecule has 2 fully saturated rings. The fourth-order valence-electron chi connectivity index (χ4n) is 2.29. The third kappa shape index (κ3) is 5.58. The minimum absolute atomic E-state index is 0. The lowest BCUT2D eigenvalue weighted by molar-refractivity contribution is -0.140. The molecule has 0 spiro atoms. The van der Waals surface area contributed by atoms with E-state index < -0.39 is 0 Å². The van der Waals surface area contributed by atoms with Crippen LogP contribution in [0.2, 0.25) is 0 Å². The molecular formula is C11H18Cl2N4O4. The molecule has 2 saturated heterocycles. The maximum atomic E-state index is 11.3. The van der Waals surface area contributed by atoms with Gasteiger partial charge in [0, 0.05) is 12.6 Å². The molecule has 0 bridgehead atoms. The topological polar surface area (TPSA) is 98.8 Å². The van der Waals surface area contributed by atoms with Crippen molar-refractivity contribution in [3.8, 4) is 0 Å². The Morgan fingerprint density at radius 3 is 1.67 bits per heavy atom. The van der Waals surface area contributed by atoms with Crippen LogP contribution in [-0.2, 0) is 19.2 Å². The zero-order valence-electron chi connectivity index (χ0n) is 11.5. The molecule has 0 unspecified atom stereocenters. The van der Waals surface area contributed by atoms with E-state index in [1.165, 1.54) is 0 Å².